The molecular weight excluding hydrogens is 298 g/mol. The number of carboxylic acid groups (broad SMARTS) is 1. The van der Waals surface area contributed by atoms with E-state index in [1.54, 1.807) is 12.1 Å². The number of pyridine rings is 1. The minimum Gasteiger partial charge on any atom is -0.478 e. The fourth-order valence-electron chi connectivity index (χ4n) is 1.61. The third-order valence-corrected chi connectivity index (χ3v) is 2.99. The Bertz CT molecular complexity index is 688. The van der Waals surface area contributed by atoms with E-state index in [9.17, 15) is 14.9 Å². The molecule has 0 atom stereocenters. The lowest BCUT2D eigenvalue weighted by Crippen LogP contribution is -2.03. The molecule has 0 saturated heterocycles. The molecule has 0 aliphatic heterocycles. The Morgan fingerprint density at radius 1 is 1.38 bits per heavy atom. The number of carbonyl (C=O) groups is 1. The van der Waals surface area contributed by atoms with Gasteiger partial charge in [0.1, 0.15) is 12.0 Å². The number of halogens is 1. The molecule has 2 N–H and O–H groups in total. The highest BCUT2D eigenvalue weighted by Gasteiger charge is 2.10. The highest BCUT2D eigenvalue weighted by molar-refractivity contribution is 6.33. The second-order valence-electron chi connectivity index (χ2n) is 4.14. The Kier molecular flexibility index (Phi) is 4.34. The Balaban J connectivity index is 2.06. The quantitative estimate of drug-likeness (QED) is 0.650. The fraction of sp³-hybridized carbons (Fsp3) is 0.0769. The van der Waals surface area contributed by atoms with E-state index in [0.29, 0.717) is 12.4 Å². The Morgan fingerprint density at radius 3 is 2.57 bits per heavy atom. The van der Waals surface area contributed by atoms with Gasteiger partial charge in [0.15, 0.2) is 0 Å². The van der Waals surface area contributed by atoms with Crippen LogP contribution in [0.15, 0.2) is 36.5 Å². The molecule has 0 unspecified atom stereocenters. The molecule has 0 radical (unpaired) electrons. The Labute approximate surface area is 124 Å². The molecule has 21 heavy (non-hydrogen) atoms. The van der Waals surface area contributed by atoms with Gasteiger partial charge in [0.25, 0.3) is 5.69 Å². The monoisotopic (exact) mass is 307 g/mol. The van der Waals surface area contributed by atoms with Gasteiger partial charge < -0.3 is 10.4 Å². The zero-order chi connectivity index (χ0) is 15.4. The lowest BCUT2D eigenvalue weighted by atomic mass is 10.1. The number of anilines is 1. The average Bonchev–Trinajstić information content (AvgIpc) is 2.46. The number of benzene rings is 1. The van der Waals surface area contributed by atoms with E-state index in [2.05, 4.69) is 10.3 Å². The predicted octanol–water partition coefficient (Wildman–Crippen LogP) is 2.95. The number of nitrogens with zero attached hydrogens (tertiary/aromatic N) is 2. The van der Waals surface area contributed by atoms with Gasteiger partial charge >= 0.3 is 5.97 Å². The van der Waals surface area contributed by atoms with Crippen LogP contribution in [0.2, 0.25) is 5.02 Å². The molecule has 7 nitrogen and oxygen atoms in total. The molecule has 2 aromatic rings. The molecule has 0 amide bonds. The van der Waals surface area contributed by atoms with Gasteiger partial charge in [-0.1, -0.05) is 23.7 Å². The van der Waals surface area contributed by atoms with Crippen LogP contribution in [0.25, 0.3) is 0 Å². The first kappa shape index (κ1) is 14.7. The van der Waals surface area contributed by atoms with Crippen LogP contribution in [0.4, 0.5) is 11.5 Å². The zero-order valence-electron chi connectivity index (χ0n) is 10.6. The number of aromatic nitrogens is 1. The predicted molar refractivity (Wildman–Crippen MR) is 76.6 cm³/mol. The van der Waals surface area contributed by atoms with Crippen LogP contribution >= 0.6 is 11.6 Å². The largest absolute Gasteiger partial charge is 0.478 e. The van der Waals surface area contributed by atoms with Crippen LogP contribution in [-0.4, -0.2) is 21.0 Å². The number of rotatable bonds is 5. The molecule has 0 spiro atoms. The van der Waals surface area contributed by atoms with E-state index < -0.39 is 10.9 Å². The minimum atomic E-state index is -0.991. The number of nitro groups is 1. The Hall–Kier alpha value is -2.67. The third-order valence-electron chi connectivity index (χ3n) is 2.70. The van der Waals surface area contributed by atoms with Crippen molar-refractivity contribution in [3.05, 3.63) is 62.8 Å². The minimum absolute atomic E-state index is 0.145. The van der Waals surface area contributed by atoms with E-state index >= 15 is 0 Å². The lowest BCUT2D eigenvalue weighted by molar-refractivity contribution is -0.385. The van der Waals surface area contributed by atoms with Gasteiger partial charge in [-0.05, 0) is 17.7 Å². The third kappa shape index (κ3) is 3.67. The van der Waals surface area contributed by atoms with Crippen molar-refractivity contribution < 1.29 is 14.8 Å². The van der Waals surface area contributed by atoms with Crippen LogP contribution in [0.1, 0.15) is 15.9 Å². The van der Waals surface area contributed by atoms with Crippen molar-refractivity contribution in [3.8, 4) is 0 Å². The van der Waals surface area contributed by atoms with E-state index in [4.69, 9.17) is 16.7 Å². The molecule has 0 aliphatic carbocycles. The first-order chi connectivity index (χ1) is 9.97. The molecule has 8 heteroatoms. The van der Waals surface area contributed by atoms with Gasteiger partial charge in [-0.15, -0.1) is 0 Å². The number of nitrogens with one attached hydrogen (secondary N) is 1. The van der Waals surface area contributed by atoms with Crippen LogP contribution in [0.5, 0.6) is 0 Å². The summed E-state index contributed by atoms with van der Waals surface area (Å²) < 4.78 is 0. The summed E-state index contributed by atoms with van der Waals surface area (Å²) in [6.45, 7) is 0.366. The summed E-state index contributed by atoms with van der Waals surface area (Å²) in [5, 5.41) is 22.4. The summed E-state index contributed by atoms with van der Waals surface area (Å²) in [4.78, 5) is 24.6. The van der Waals surface area contributed by atoms with Crippen LogP contribution in [0, 0.1) is 10.1 Å². The maximum Gasteiger partial charge on any atom is 0.335 e. The number of carboxylic acids is 1. The normalized spacial score (nSPS) is 10.1. The molecule has 108 valence electrons. The maximum atomic E-state index is 10.7. The van der Waals surface area contributed by atoms with Crippen molar-refractivity contribution in [2.75, 3.05) is 5.32 Å². The van der Waals surface area contributed by atoms with E-state index in [0.717, 1.165) is 11.8 Å². The summed E-state index contributed by atoms with van der Waals surface area (Å²) in [6, 6.07) is 7.52. The molecule has 2 rings (SSSR count). The van der Waals surface area contributed by atoms with E-state index in [-0.39, 0.29) is 16.3 Å². The fourth-order valence-corrected chi connectivity index (χ4v) is 1.84. The molecule has 0 aliphatic rings. The van der Waals surface area contributed by atoms with Crippen molar-refractivity contribution in [1.29, 1.82) is 0 Å². The van der Waals surface area contributed by atoms with Gasteiger partial charge in [-0.3, -0.25) is 10.1 Å². The summed E-state index contributed by atoms with van der Waals surface area (Å²) >= 11 is 5.90. The molecule has 1 aromatic heterocycles. The van der Waals surface area contributed by atoms with Gasteiger partial charge in [0.2, 0.25) is 0 Å². The molecular formula is C13H10ClN3O4. The van der Waals surface area contributed by atoms with Crippen molar-refractivity contribution >= 4 is 29.1 Å². The van der Waals surface area contributed by atoms with Crippen molar-refractivity contribution in [3.63, 3.8) is 0 Å². The first-order valence-electron chi connectivity index (χ1n) is 5.83. The van der Waals surface area contributed by atoms with Crippen LogP contribution < -0.4 is 5.32 Å². The highest BCUT2D eigenvalue weighted by Crippen LogP contribution is 2.24. The highest BCUT2D eigenvalue weighted by atomic mass is 35.5. The van der Waals surface area contributed by atoms with E-state index in [1.807, 2.05) is 0 Å². The zero-order valence-corrected chi connectivity index (χ0v) is 11.4. The van der Waals surface area contributed by atoms with Gasteiger partial charge in [0, 0.05) is 12.6 Å². The van der Waals surface area contributed by atoms with Gasteiger partial charge in [-0.25, -0.2) is 9.78 Å². The SMILES string of the molecule is O=C(O)c1ccc(CNc2ncc([N+](=O)[O-])cc2Cl)cc1. The molecule has 1 heterocycles. The van der Waals surface area contributed by atoms with E-state index in [1.165, 1.54) is 18.2 Å². The summed E-state index contributed by atoms with van der Waals surface area (Å²) in [5.41, 5.74) is 0.845. The summed E-state index contributed by atoms with van der Waals surface area (Å²) in [7, 11) is 0. The number of hydrogen-bond acceptors (Lipinski definition) is 5. The second-order valence-corrected chi connectivity index (χ2v) is 4.54. The first-order valence-corrected chi connectivity index (χ1v) is 6.21. The molecule has 1 aromatic carbocycles. The lowest BCUT2D eigenvalue weighted by Gasteiger charge is -2.07. The van der Waals surface area contributed by atoms with Crippen LogP contribution in [-0.2, 0) is 6.54 Å². The van der Waals surface area contributed by atoms with Crippen LogP contribution in [0.3, 0.4) is 0 Å². The number of hydrogen-bond donors (Lipinski definition) is 2. The van der Waals surface area contributed by atoms with Crippen molar-refractivity contribution in [2.45, 2.75) is 6.54 Å². The smallest absolute Gasteiger partial charge is 0.335 e. The second kappa shape index (κ2) is 6.19. The molecule has 0 saturated carbocycles. The standard InChI is InChI=1S/C13H10ClN3O4/c14-11-5-10(17(20)21)7-16-12(11)15-6-8-1-3-9(4-2-8)13(18)19/h1-5,7H,6H2,(H,15,16)(H,18,19). The topological polar surface area (TPSA) is 105 Å². The Morgan fingerprint density at radius 2 is 2.05 bits per heavy atom. The number of aromatic carboxylic acids is 1. The molecule has 0 fully saturated rings. The maximum absolute atomic E-state index is 10.7. The van der Waals surface area contributed by atoms with Gasteiger partial charge in [-0.2, -0.15) is 0 Å². The molecule has 0 bridgehead atoms. The van der Waals surface area contributed by atoms with Crippen molar-refractivity contribution in [1.82, 2.24) is 4.98 Å². The summed E-state index contributed by atoms with van der Waals surface area (Å²) in [6.07, 6.45) is 1.11. The van der Waals surface area contributed by atoms with Gasteiger partial charge in [0.05, 0.1) is 15.5 Å². The summed E-state index contributed by atoms with van der Waals surface area (Å²) in [5.74, 6) is -0.667. The van der Waals surface area contributed by atoms with Crippen molar-refractivity contribution in [2.24, 2.45) is 0 Å². The average molecular weight is 308 g/mol.